The molecule has 0 bridgehead atoms. The van der Waals surface area contributed by atoms with Gasteiger partial charge in [0.2, 0.25) is 17.7 Å². The first kappa shape index (κ1) is 17.4. The number of benzene rings is 1. The number of carbonyl (C=O) groups is 3. The van der Waals surface area contributed by atoms with Crippen LogP contribution in [0.5, 0.6) is 0 Å². The first-order valence-corrected chi connectivity index (χ1v) is 8.36. The molecule has 0 saturated carbocycles. The van der Waals surface area contributed by atoms with Crippen LogP contribution in [0.2, 0.25) is 0 Å². The summed E-state index contributed by atoms with van der Waals surface area (Å²) < 4.78 is 5.24. The Hall–Kier alpha value is -2.45. The molecule has 1 unspecified atom stereocenters. The van der Waals surface area contributed by atoms with E-state index < -0.39 is 11.9 Å². The quantitative estimate of drug-likeness (QED) is 0.777. The molecule has 1 aromatic rings. The molecule has 2 aliphatic rings. The van der Waals surface area contributed by atoms with Crippen molar-refractivity contribution in [3.8, 4) is 0 Å². The van der Waals surface area contributed by atoms with Gasteiger partial charge in [-0.1, -0.05) is 6.07 Å². The molecule has 2 saturated heterocycles. The summed E-state index contributed by atoms with van der Waals surface area (Å²) in [4.78, 5) is 39.1. The average Bonchev–Trinajstić information content (AvgIpc) is 3.01. The van der Waals surface area contributed by atoms with Crippen molar-refractivity contribution in [2.45, 2.75) is 18.9 Å². The van der Waals surface area contributed by atoms with Gasteiger partial charge in [0, 0.05) is 30.9 Å². The number of ether oxygens (including phenoxy) is 1. The smallest absolute Gasteiger partial charge is 0.238 e. The summed E-state index contributed by atoms with van der Waals surface area (Å²) in [5.74, 6) is -0.638. The molecule has 8 heteroatoms. The third-order valence-corrected chi connectivity index (χ3v) is 4.43. The minimum atomic E-state index is -0.590. The van der Waals surface area contributed by atoms with Gasteiger partial charge in [-0.15, -0.1) is 0 Å². The summed E-state index contributed by atoms with van der Waals surface area (Å²) in [5.41, 5.74) is 6.75. The third kappa shape index (κ3) is 4.15. The fourth-order valence-electron chi connectivity index (χ4n) is 3.15. The van der Waals surface area contributed by atoms with Crippen LogP contribution >= 0.6 is 0 Å². The molecule has 1 aromatic carbocycles. The molecule has 2 aliphatic heterocycles. The lowest BCUT2D eigenvalue weighted by Gasteiger charge is -2.32. The van der Waals surface area contributed by atoms with E-state index in [4.69, 9.17) is 10.5 Å². The summed E-state index contributed by atoms with van der Waals surface area (Å²) >= 11 is 0. The molecule has 0 radical (unpaired) electrons. The second-order valence-electron chi connectivity index (χ2n) is 6.21. The Morgan fingerprint density at radius 2 is 2.16 bits per heavy atom. The van der Waals surface area contributed by atoms with Gasteiger partial charge in [-0.05, 0) is 24.6 Å². The van der Waals surface area contributed by atoms with E-state index in [9.17, 15) is 14.4 Å². The maximum absolute atomic E-state index is 12.3. The van der Waals surface area contributed by atoms with Crippen molar-refractivity contribution in [2.75, 3.05) is 43.1 Å². The van der Waals surface area contributed by atoms with Crippen LogP contribution in [0, 0.1) is 0 Å². The summed E-state index contributed by atoms with van der Waals surface area (Å²) in [6.45, 7) is 1.90. The van der Waals surface area contributed by atoms with E-state index in [2.05, 4.69) is 5.32 Å². The van der Waals surface area contributed by atoms with Gasteiger partial charge in [-0.3, -0.25) is 19.3 Å². The van der Waals surface area contributed by atoms with Gasteiger partial charge in [0.15, 0.2) is 0 Å². The van der Waals surface area contributed by atoms with E-state index >= 15 is 0 Å². The van der Waals surface area contributed by atoms with Gasteiger partial charge >= 0.3 is 0 Å². The number of hydrogen-bond donors (Lipinski definition) is 2. The molecule has 3 amide bonds. The molecule has 2 heterocycles. The fourth-order valence-corrected chi connectivity index (χ4v) is 3.15. The van der Waals surface area contributed by atoms with Crippen molar-refractivity contribution in [3.05, 3.63) is 24.3 Å². The molecule has 1 atom stereocenters. The van der Waals surface area contributed by atoms with E-state index in [0.29, 0.717) is 31.8 Å². The van der Waals surface area contributed by atoms with Gasteiger partial charge < -0.3 is 20.7 Å². The first-order chi connectivity index (χ1) is 12.0. The number of nitrogens with two attached hydrogens (primary N) is 1. The van der Waals surface area contributed by atoms with Crippen LogP contribution < -0.4 is 16.0 Å². The number of primary amides is 1. The molecular formula is C17H22N4O4. The van der Waals surface area contributed by atoms with E-state index in [1.54, 1.807) is 28.0 Å². The monoisotopic (exact) mass is 346 g/mol. The Kier molecular flexibility index (Phi) is 5.30. The molecule has 2 fully saturated rings. The van der Waals surface area contributed by atoms with Gasteiger partial charge in [-0.2, -0.15) is 0 Å². The molecule has 0 aliphatic carbocycles. The summed E-state index contributed by atoms with van der Waals surface area (Å²) in [5, 5.41) is 2.82. The normalized spacial score (nSPS) is 21.4. The van der Waals surface area contributed by atoms with Crippen molar-refractivity contribution < 1.29 is 19.1 Å². The van der Waals surface area contributed by atoms with Gasteiger partial charge in [-0.25, -0.2) is 0 Å². The lowest BCUT2D eigenvalue weighted by atomic mass is 10.2. The van der Waals surface area contributed by atoms with Crippen LogP contribution in [0.25, 0.3) is 0 Å². The highest BCUT2D eigenvalue weighted by molar-refractivity contribution is 5.97. The Balaban J connectivity index is 1.63. The zero-order valence-electron chi connectivity index (χ0n) is 13.9. The number of anilines is 2. The molecule has 134 valence electrons. The molecule has 0 spiro atoms. The molecular weight excluding hydrogens is 324 g/mol. The minimum Gasteiger partial charge on any atom is -0.378 e. The zero-order chi connectivity index (χ0) is 17.8. The highest BCUT2D eigenvalue weighted by Gasteiger charge is 2.29. The highest BCUT2D eigenvalue weighted by atomic mass is 16.5. The van der Waals surface area contributed by atoms with Crippen molar-refractivity contribution >= 4 is 29.1 Å². The van der Waals surface area contributed by atoms with Crippen LogP contribution in [-0.2, 0) is 19.1 Å². The number of hydrogen-bond acceptors (Lipinski definition) is 5. The minimum absolute atomic E-state index is 0.0594. The number of rotatable bonds is 5. The number of amides is 3. The van der Waals surface area contributed by atoms with Crippen molar-refractivity contribution in [1.82, 2.24) is 4.90 Å². The maximum atomic E-state index is 12.3. The predicted molar refractivity (Wildman–Crippen MR) is 92.0 cm³/mol. The molecule has 3 rings (SSSR count). The lowest BCUT2D eigenvalue weighted by molar-refractivity contribution is -0.131. The third-order valence-electron chi connectivity index (χ3n) is 4.43. The molecule has 0 aromatic heterocycles. The average molecular weight is 346 g/mol. The van der Waals surface area contributed by atoms with Crippen molar-refractivity contribution in [1.29, 1.82) is 0 Å². The largest absolute Gasteiger partial charge is 0.378 e. The standard InChI is InChI=1S/C17H22N4O4/c18-17(24)14-11-25-8-7-20(14)10-15(22)19-12-3-1-4-13(9-12)21-6-2-5-16(21)23/h1,3-4,9,14H,2,5-8,10-11H2,(H2,18,24)(H,19,22). The van der Waals surface area contributed by atoms with Crippen LogP contribution in [0.15, 0.2) is 24.3 Å². The Morgan fingerprint density at radius 3 is 2.88 bits per heavy atom. The van der Waals surface area contributed by atoms with Crippen molar-refractivity contribution in [3.63, 3.8) is 0 Å². The second-order valence-corrected chi connectivity index (χ2v) is 6.21. The predicted octanol–water partition coefficient (Wildman–Crippen LogP) is -0.0620. The van der Waals surface area contributed by atoms with E-state index in [-0.39, 0.29) is 25.0 Å². The Labute approximate surface area is 145 Å². The second kappa shape index (κ2) is 7.62. The van der Waals surface area contributed by atoms with Crippen LogP contribution in [0.1, 0.15) is 12.8 Å². The summed E-state index contributed by atoms with van der Waals surface area (Å²) in [6.07, 6.45) is 1.41. The van der Waals surface area contributed by atoms with Crippen molar-refractivity contribution in [2.24, 2.45) is 5.73 Å². The number of carbonyl (C=O) groups excluding carboxylic acids is 3. The number of nitrogens with one attached hydrogen (secondary N) is 1. The van der Waals surface area contributed by atoms with Crippen LogP contribution in [-0.4, -0.2) is 61.5 Å². The Morgan fingerprint density at radius 1 is 1.32 bits per heavy atom. The SMILES string of the molecule is NC(=O)C1COCCN1CC(=O)Nc1cccc(N2CCCC2=O)c1. The maximum Gasteiger partial charge on any atom is 0.238 e. The molecule has 8 nitrogen and oxygen atoms in total. The van der Waals surface area contributed by atoms with Crippen LogP contribution in [0.4, 0.5) is 11.4 Å². The zero-order valence-corrected chi connectivity index (χ0v) is 13.9. The lowest BCUT2D eigenvalue weighted by Crippen LogP contribution is -2.54. The first-order valence-electron chi connectivity index (χ1n) is 8.36. The van der Waals surface area contributed by atoms with Gasteiger partial charge in [0.05, 0.1) is 19.8 Å². The molecule has 25 heavy (non-hydrogen) atoms. The topological polar surface area (TPSA) is 105 Å². The Bertz CT molecular complexity index is 678. The summed E-state index contributed by atoms with van der Waals surface area (Å²) in [7, 11) is 0. The molecule has 3 N–H and O–H groups in total. The number of morpholine rings is 1. The summed E-state index contributed by atoms with van der Waals surface area (Å²) in [6, 6.07) is 6.62. The fraction of sp³-hybridized carbons (Fsp3) is 0.471. The number of nitrogens with zero attached hydrogens (tertiary/aromatic N) is 2. The van der Waals surface area contributed by atoms with E-state index in [0.717, 1.165) is 12.1 Å². The van der Waals surface area contributed by atoms with Gasteiger partial charge in [0.25, 0.3) is 0 Å². The van der Waals surface area contributed by atoms with Crippen LogP contribution in [0.3, 0.4) is 0 Å². The highest BCUT2D eigenvalue weighted by Crippen LogP contribution is 2.24. The van der Waals surface area contributed by atoms with E-state index in [1.807, 2.05) is 6.07 Å². The van der Waals surface area contributed by atoms with E-state index in [1.165, 1.54) is 0 Å². The van der Waals surface area contributed by atoms with Gasteiger partial charge in [0.1, 0.15) is 6.04 Å².